The summed E-state index contributed by atoms with van der Waals surface area (Å²) in [5.41, 5.74) is 1.67. The van der Waals surface area contributed by atoms with Crippen LogP contribution >= 0.6 is 0 Å². The number of hydrogen-bond donors (Lipinski definition) is 1. The average Bonchev–Trinajstić information content (AvgIpc) is 2.63. The van der Waals surface area contributed by atoms with Crippen molar-refractivity contribution in [3.63, 3.8) is 0 Å². The van der Waals surface area contributed by atoms with Crippen molar-refractivity contribution in [2.24, 2.45) is 0 Å². The highest BCUT2D eigenvalue weighted by Gasteiger charge is 2.20. The predicted octanol–water partition coefficient (Wildman–Crippen LogP) is 1.72. The van der Waals surface area contributed by atoms with Crippen molar-refractivity contribution in [2.75, 3.05) is 38.5 Å². The molecule has 2 heterocycles. The number of likely N-dealkylation sites (N-methyl/N-ethyl adjacent to an activating group) is 1. The second-order valence-electron chi connectivity index (χ2n) is 5.87. The Bertz CT molecular complexity index is 725. The summed E-state index contributed by atoms with van der Waals surface area (Å²) in [7, 11) is 2.05. The Balaban J connectivity index is 1.70. The number of aromatic nitrogens is 1. The number of benzene rings is 1. The van der Waals surface area contributed by atoms with Gasteiger partial charge in [0.25, 0.3) is 11.8 Å². The number of piperazine rings is 1. The first-order chi connectivity index (χ1) is 11.6. The first kappa shape index (κ1) is 16.1. The van der Waals surface area contributed by atoms with Crippen molar-refractivity contribution in [3.05, 3.63) is 59.9 Å². The van der Waals surface area contributed by atoms with E-state index in [0.717, 1.165) is 26.2 Å². The molecule has 1 aromatic carbocycles. The van der Waals surface area contributed by atoms with Gasteiger partial charge in [0.05, 0.1) is 5.56 Å². The molecule has 1 aromatic heterocycles. The van der Waals surface area contributed by atoms with E-state index in [-0.39, 0.29) is 11.8 Å². The van der Waals surface area contributed by atoms with E-state index in [1.54, 1.807) is 42.6 Å². The molecule has 1 fully saturated rings. The van der Waals surface area contributed by atoms with Crippen LogP contribution in [-0.4, -0.2) is 59.8 Å². The maximum Gasteiger partial charge on any atom is 0.257 e. The van der Waals surface area contributed by atoms with Gasteiger partial charge in [-0.3, -0.25) is 14.6 Å². The van der Waals surface area contributed by atoms with Gasteiger partial charge in [-0.1, -0.05) is 6.07 Å². The molecule has 1 aliphatic rings. The second-order valence-corrected chi connectivity index (χ2v) is 5.87. The van der Waals surface area contributed by atoms with Gasteiger partial charge in [0.1, 0.15) is 0 Å². The molecule has 1 saturated heterocycles. The van der Waals surface area contributed by atoms with Gasteiger partial charge in [0, 0.05) is 49.8 Å². The molecule has 3 rings (SSSR count). The average molecular weight is 324 g/mol. The Morgan fingerprint density at radius 3 is 2.50 bits per heavy atom. The van der Waals surface area contributed by atoms with Gasteiger partial charge in [-0.05, 0) is 37.4 Å². The molecule has 0 radical (unpaired) electrons. The zero-order valence-corrected chi connectivity index (χ0v) is 13.6. The van der Waals surface area contributed by atoms with Crippen LogP contribution in [0.25, 0.3) is 0 Å². The SMILES string of the molecule is CN1CCN(C(=O)c2cccc(NC(=O)c3cccnc3)c2)CC1. The van der Waals surface area contributed by atoms with Crippen molar-refractivity contribution < 1.29 is 9.59 Å². The first-order valence-corrected chi connectivity index (χ1v) is 7.93. The summed E-state index contributed by atoms with van der Waals surface area (Å²) >= 11 is 0. The molecule has 0 bridgehead atoms. The number of amides is 2. The van der Waals surface area contributed by atoms with Crippen LogP contribution in [0, 0.1) is 0 Å². The Hall–Kier alpha value is -2.73. The third-order valence-electron chi connectivity index (χ3n) is 4.08. The minimum Gasteiger partial charge on any atom is -0.336 e. The van der Waals surface area contributed by atoms with Crippen molar-refractivity contribution in [1.29, 1.82) is 0 Å². The van der Waals surface area contributed by atoms with E-state index in [2.05, 4.69) is 22.2 Å². The fourth-order valence-corrected chi connectivity index (χ4v) is 2.62. The lowest BCUT2D eigenvalue weighted by Crippen LogP contribution is -2.47. The van der Waals surface area contributed by atoms with Crippen molar-refractivity contribution in [3.8, 4) is 0 Å². The van der Waals surface area contributed by atoms with Gasteiger partial charge in [0.2, 0.25) is 0 Å². The van der Waals surface area contributed by atoms with Gasteiger partial charge in [-0.25, -0.2) is 0 Å². The van der Waals surface area contributed by atoms with Crippen molar-refractivity contribution in [1.82, 2.24) is 14.8 Å². The smallest absolute Gasteiger partial charge is 0.257 e. The number of pyridine rings is 1. The van der Waals surface area contributed by atoms with Crippen LogP contribution < -0.4 is 5.32 Å². The molecule has 0 aliphatic carbocycles. The highest BCUT2D eigenvalue weighted by Crippen LogP contribution is 2.15. The Kier molecular flexibility index (Phi) is 4.86. The number of nitrogens with zero attached hydrogens (tertiary/aromatic N) is 3. The quantitative estimate of drug-likeness (QED) is 0.934. The molecule has 1 aliphatic heterocycles. The van der Waals surface area contributed by atoms with Gasteiger partial charge in [-0.15, -0.1) is 0 Å². The molecule has 2 aromatic rings. The Morgan fingerprint density at radius 1 is 1.04 bits per heavy atom. The number of hydrogen-bond acceptors (Lipinski definition) is 4. The Labute approximate surface area is 141 Å². The zero-order chi connectivity index (χ0) is 16.9. The highest BCUT2D eigenvalue weighted by atomic mass is 16.2. The monoisotopic (exact) mass is 324 g/mol. The molecule has 0 spiro atoms. The molecule has 0 unspecified atom stereocenters. The van der Waals surface area contributed by atoms with Gasteiger partial charge < -0.3 is 15.1 Å². The predicted molar refractivity (Wildman–Crippen MR) is 92.0 cm³/mol. The lowest BCUT2D eigenvalue weighted by Gasteiger charge is -2.32. The molecular formula is C18H20N4O2. The van der Waals surface area contributed by atoms with Gasteiger partial charge in [0.15, 0.2) is 0 Å². The molecule has 2 amide bonds. The Morgan fingerprint density at radius 2 is 1.79 bits per heavy atom. The van der Waals surface area contributed by atoms with E-state index in [4.69, 9.17) is 0 Å². The fourth-order valence-electron chi connectivity index (χ4n) is 2.62. The van der Waals surface area contributed by atoms with Crippen LogP contribution in [0.2, 0.25) is 0 Å². The summed E-state index contributed by atoms with van der Waals surface area (Å²) in [6.45, 7) is 3.20. The summed E-state index contributed by atoms with van der Waals surface area (Å²) in [4.78, 5) is 32.8. The van der Waals surface area contributed by atoms with Crippen molar-refractivity contribution in [2.45, 2.75) is 0 Å². The number of carbonyl (C=O) groups is 2. The summed E-state index contributed by atoms with van der Waals surface area (Å²) in [5, 5.41) is 2.81. The van der Waals surface area contributed by atoms with Gasteiger partial charge >= 0.3 is 0 Å². The molecule has 0 atom stereocenters. The van der Waals surface area contributed by atoms with Gasteiger partial charge in [-0.2, -0.15) is 0 Å². The van der Waals surface area contributed by atoms with Crippen LogP contribution in [0.15, 0.2) is 48.8 Å². The fraction of sp³-hybridized carbons (Fsp3) is 0.278. The number of rotatable bonds is 3. The highest BCUT2D eigenvalue weighted by molar-refractivity contribution is 6.04. The van der Waals surface area contributed by atoms with E-state index < -0.39 is 0 Å². The largest absolute Gasteiger partial charge is 0.336 e. The lowest BCUT2D eigenvalue weighted by molar-refractivity contribution is 0.0664. The summed E-state index contributed by atoms with van der Waals surface area (Å²) in [6.07, 6.45) is 3.13. The maximum atomic E-state index is 12.6. The molecule has 24 heavy (non-hydrogen) atoms. The van der Waals surface area contributed by atoms with Crippen LogP contribution in [0.1, 0.15) is 20.7 Å². The second kappa shape index (κ2) is 7.23. The van der Waals surface area contributed by atoms with E-state index in [0.29, 0.717) is 16.8 Å². The third-order valence-corrected chi connectivity index (χ3v) is 4.08. The van der Waals surface area contributed by atoms with Crippen molar-refractivity contribution >= 4 is 17.5 Å². The molecule has 124 valence electrons. The first-order valence-electron chi connectivity index (χ1n) is 7.93. The zero-order valence-electron chi connectivity index (χ0n) is 13.6. The van der Waals surface area contributed by atoms with E-state index in [1.807, 2.05) is 4.90 Å². The van der Waals surface area contributed by atoms with Crippen LogP contribution in [0.5, 0.6) is 0 Å². The molecule has 1 N–H and O–H groups in total. The summed E-state index contributed by atoms with van der Waals surface area (Å²) in [6, 6.07) is 10.5. The minimum absolute atomic E-state index is 0.000534. The van der Waals surface area contributed by atoms with Crippen LogP contribution in [-0.2, 0) is 0 Å². The molecular weight excluding hydrogens is 304 g/mol. The minimum atomic E-state index is -0.243. The molecule has 6 heteroatoms. The van der Waals surface area contributed by atoms with Crippen LogP contribution in [0.4, 0.5) is 5.69 Å². The van der Waals surface area contributed by atoms with E-state index in [9.17, 15) is 9.59 Å². The number of anilines is 1. The van der Waals surface area contributed by atoms with Crippen LogP contribution in [0.3, 0.4) is 0 Å². The maximum absolute atomic E-state index is 12.6. The normalized spacial score (nSPS) is 15.1. The van der Waals surface area contributed by atoms with E-state index >= 15 is 0 Å². The standard InChI is InChI=1S/C18H20N4O2/c1-21-8-10-22(11-9-21)18(24)14-4-2-6-16(12-14)20-17(23)15-5-3-7-19-13-15/h2-7,12-13H,8-11H2,1H3,(H,20,23). The summed E-state index contributed by atoms with van der Waals surface area (Å²) in [5.74, 6) is -0.243. The third kappa shape index (κ3) is 3.78. The van der Waals surface area contributed by atoms with E-state index in [1.165, 1.54) is 6.20 Å². The number of nitrogens with one attached hydrogen (secondary N) is 1. The number of carbonyl (C=O) groups excluding carboxylic acids is 2. The molecule has 6 nitrogen and oxygen atoms in total. The summed E-state index contributed by atoms with van der Waals surface area (Å²) < 4.78 is 0. The lowest BCUT2D eigenvalue weighted by atomic mass is 10.1. The molecule has 0 saturated carbocycles. The topological polar surface area (TPSA) is 65.5 Å².